The highest BCUT2D eigenvalue weighted by Gasteiger charge is 2.23. The highest BCUT2D eigenvalue weighted by Crippen LogP contribution is 2.34. The maximum absolute atomic E-state index is 13.2. The molecule has 0 unspecified atom stereocenters. The van der Waals surface area contributed by atoms with Crippen molar-refractivity contribution in [3.05, 3.63) is 50.7 Å². The van der Waals surface area contributed by atoms with Crippen LogP contribution in [-0.4, -0.2) is 8.42 Å². The Morgan fingerprint density at radius 3 is 2.19 bits per heavy atom. The van der Waals surface area contributed by atoms with E-state index in [-0.39, 0.29) is 26.3 Å². The van der Waals surface area contributed by atoms with E-state index in [4.69, 9.17) is 28.9 Å². The second-order valence-electron chi connectivity index (χ2n) is 4.08. The Hall–Kier alpha value is -1.02. The maximum atomic E-state index is 13.2. The number of hydrogen-bond donors (Lipinski definition) is 2. The Kier molecular flexibility index (Phi) is 4.67. The first kappa shape index (κ1) is 16.4. The number of hydrogen-bond acceptors (Lipinski definition) is 3. The summed E-state index contributed by atoms with van der Waals surface area (Å²) in [4.78, 5) is -0.295. The highest BCUT2D eigenvalue weighted by molar-refractivity contribution is 9.10. The summed E-state index contributed by atoms with van der Waals surface area (Å²) in [7, 11) is -4.08. The molecule has 2 aromatic carbocycles. The second kappa shape index (κ2) is 6.00. The lowest BCUT2D eigenvalue weighted by molar-refractivity contribution is 0.601. The van der Waals surface area contributed by atoms with Gasteiger partial charge in [0.05, 0.1) is 15.7 Å². The molecular weight excluding hydrogens is 406 g/mol. The number of halogens is 4. The maximum Gasteiger partial charge on any atom is 0.264 e. The average Bonchev–Trinajstić information content (AvgIpc) is 2.23. The van der Waals surface area contributed by atoms with Crippen molar-refractivity contribution < 1.29 is 12.8 Å². The molecule has 0 radical (unpaired) electrons. The van der Waals surface area contributed by atoms with Crippen molar-refractivity contribution in [2.24, 2.45) is 0 Å². The van der Waals surface area contributed by atoms with Crippen LogP contribution in [0.4, 0.5) is 15.8 Å². The van der Waals surface area contributed by atoms with Gasteiger partial charge < -0.3 is 5.73 Å². The van der Waals surface area contributed by atoms with Gasteiger partial charge in [-0.3, -0.25) is 4.72 Å². The lowest BCUT2D eigenvalue weighted by atomic mass is 10.3. The smallest absolute Gasteiger partial charge is 0.264 e. The molecule has 2 aromatic rings. The van der Waals surface area contributed by atoms with Crippen LogP contribution in [0.2, 0.25) is 10.0 Å². The van der Waals surface area contributed by atoms with Crippen LogP contribution in [0.5, 0.6) is 0 Å². The van der Waals surface area contributed by atoms with Gasteiger partial charge in [-0.15, -0.1) is 0 Å². The Labute approximate surface area is 139 Å². The third-order valence-electron chi connectivity index (χ3n) is 2.40. The van der Waals surface area contributed by atoms with E-state index in [1.54, 1.807) is 0 Å². The first-order chi connectivity index (χ1) is 9.69. The second-order valence-corrected chi connectivity index (χ2v) is 7.43. The Bertz CT molecular complexity index is 772. The summed E-state index contributed by atoms with van der Waals surface area (Å²) in [5.74, 6) is -0.666. The van der Waals surface area contributed by atoms with Gasteiger partial charge in [0.2, 0.25) is 0 Å². The van der Waals surface area contributed by atoms with E-state index < -0.39 is 15.8 Å². The van der Waals surface area contributed by atoms with Crippen molar-refractivity contribution in [1.82, 2.24) is 0 Å². The molecular formula is C12H8BrCl2FN2O2S. The van der Waals surface area contributed by atoms with Crippen molar-refractivity contribution in [2.45, 2.75) is 4.90 Å². The lowest BCUT2D eigenvalue weighted by Gasteiger charge is -2.12. The quantitative estimate of drug-likeness (QED) is 0.737. The molecule has 21 heavy (non-hydrogen) atoms. The Morgan fingerprint density at radius 2 is 1.67 bits per heavy atom. The monoisotopic (exact) mass is 412 g/mol. The number of nitrogens with two attached hydrogens (primary N) is 1. The van der Waals surface area contributed by atoms with E-state index in [1.807, 2.05) is 0 Å². The molecule has 0 saturated heterocycles. The SMILES string of the molecule is Nc1cc(F)cc(NS(=O)(=O)c2c(Cl)cc(Br)cc2Cl)c1. The molecule has 0 bridgehead atoms. The summed E-state index contributed by atoms with van der Waals surface area (Å²) in [6, 6.07) is 6.12. The van der Waals surface area contributed by atoms with Gasteiger partial charge in [0.25, 0.3) is 10.0 Å². The van der Waals surface area contributed by atoms with Crippen LogP contribution in [0, 0.1) is 5.82 Å². The third kappa shape index (κ3) is 3.79. The van der Waals surface area contributed by atoms with Crippen LogP contribution in [-0.2, 0) is 10.0 Å². The standard InChI is InChI=1S/C12H8BrCl2FN2O2S/c13-6-1-10(14)12(11(15)2-6)21(19,20)18-9-4-7(16)3-8(17)5-9/h1-5,18H,17H2. The van der Waals surface area contributed by atoms with Gasteiger partial charge in [-0.1, -0.05) is 39.1 Å². The number of sulfonamides is 1. The Balaban J connectivity index is 2.48. The Morgan fingerprint density at radius 1 is 1.10 bits per heavy atom. The van der Waals surface area contributed by atoms with Gasteiger partial charge in [-0.05, 0) is 30.3 Å². The van der Waals surface area contributed by atoms with Gasteiger partial charge >= 0.3 is 0 Å². The summed E-state index contributed by atoms with van der Waals surface area (Å²) < 4.78 is 40.6. The summed E-state index contributed by atoms with van der Waals surface area (Å²) >= 11 is 15.0. The van der Waals surface area contributed by atoms with E-state index in [1.165, 1.54) is 18.2 Å². The summed E-state index contributed by atoms with van der Waals surface area (Å²) in [6.45, 7) is 0. The molecule has 0 aliphatic rings. The molecule has 0 heterocycles. The number of nitrogens with one attached hydrogen (secondary N) is 1. The van der Waals surface area contributed by atoms with Crippen LogP contribution >= 0.6 is 39.1 Å². The minimum Gasteiger partial charge on any atom is -0.399 e. The predicted molar refractivity (Wildman–Crippen MR) is 85.8 cm³/mol. The van der Waals surface area contributed by atoms with Crippen LogP contribution < -0.4 is 10.5 Å². The van der Waals surface area contributed by atoms with Gasteiger partial charge in [-0.25, -0.2) is 12.8 Å². The van der Waals surface area contributed by atoms with Crippen molar-refractivity contribution in [2.75, 3.05) is 10.5 Å². The molecule has 0 aromatic heterocycles. The largest absolute Gasteiger partial charge is 0.399 e. The molecule has 112 valence electrons. The van der Waals surface area contributed by atoms with E-state index in [2.05, 4.69) is 20.7 Å². The number of nitrogen functional groups attached to an aromatic ring is 1. The number of rotatable bonds is 3. The molecule has 0 aliphatic heterocycles. The fraction of sp³-hybridized carbons (Fsp3) is 0. The molecule has 2 rings (SSSR count). The zero-order valence-corrected chi connectivity index (χ0v) is 14.1. The van der Waals surface area contributed by atoms with E-state index in [9.17, 15) is 12.8 Å². The molecule has 0 atom stereocenters. The lowest BCUT2D eigenvalue weighted by Crippen LogP contribution is -2.14. The van der Waals surface area contributed by atoms with E-state index >= 15 is 0 Å². The minimum atomic E-state index is -4.08. The number of benzene rings is 2. The van der Waals surface area contributed by atoms with E-state index in [0.29, 0.717) is 4.47 Å². The summed E-state index contributed by atoms with van der Waals surface area (Å²) in [5.41, 5.74) is 5.52. The fourth-order valence-electron chi connectivity index (χ4n) is 1.66. The molecule has 4 nitrogen and oxygen atoms in total. The van der Waals surface area contributed by atoms with Gasteiger partial charge in [0.1, 0.15) is 10.7 Å². The van der Waals surface area contributed by atoms with E-state index in [0.717, 1.165) is 12.1 Å². The minimum absolute atomic E-state index is 0.0254. The molecule has 0 aliphatic carbocycles. The molecule has 9 heteroatoms. The summed E-state index contributed by atoms with van der Waals surface area (Å²) in [6.07, 6.45) is 0. The normalized spacial score (nSPS) is 11.4. The third-order valence-corrected chi connectivity index (χ3v) is 5.16. The first-order valence-corrected chi connectivity index (χ1v) is 8.46. The fourth-order valence-corrected chi connectivity index (χ4v) is 4.64. The van der Waals surface area contributed by atoms with Gasteiger partial charge in [0, 0.05) is 10.2 Å². The van der Waals surface area contributed by atoms with Crippen LogP contribution in [0.1, 0.15) is 0 Å². The number of anilines is 2. The van der Waals surface area contributed by atoms with Gasteiger partial charge in [-0.2, -0.15) is 0 Å². The van der Waals surface area contributed by atoms with Crippen molar-refractivity contribution in [1.29, 1.82) is 0 Å². The zero-order chi connectivity index (χ0) is 15.8. The molecule has 0 fully saturated rings. The highest BCUT2D eigenvalue weighted by atomic mass is 79.9. The average molecular weight is 414 g/mol. The molecule has 0 spiro atoms. The van der Waals surface area contributed by atoms with Crippen molar-refractivity contribution >= 4 is 60.5 Å². The van der Waals surface area contributed by atoms with Gasteiger partial charge in [0.15, 0.2) is 0 Å². The first-order valence-electron chi connectivity index (χ1n) is 5.42. The molecule has 0 amide bonds. The van der Waals surface area contributed by atoms with Crippen LogP contribution in [0.25, 0.3) is 0 Å². The predicted octanol–water partition coefficient (Wildman–Crippen LogP) is 4.28. The van der Waals surface area contributed by atoms with Crippen molar-refractivity contribution in [3.63, 3.8) is 0 Å². The molecule has 3 N–H and O–H groups in total. The van der Waals surface area contributed by atoms with Crippen LogP contribution in [0.3, 0.4) is 0 Å². The summed E-state index contributed by atoms with van der Waals surface area (Å²) in [5, 5.41) is -0.127. The van der Waals surface area contributed by atoms with Crippen LogP contribution in [0.15, 0.2) is 39.7 Å². The topological polar surface area (TPSA) is 72.2 Å². The molecule has 0 saturated carbocycles. The van der Waals surface area contributed by atoms with Crippen molar-refractivity contribution in [3.8, 4) is 0 Å². The zero-order valence-electron chi connectivity index (χ0n) is 10.2.